The molecule has 0 aliphatic carbocycles. The zero-order chi connectivity index (χ0) is 28.9. The molecule has 0 radical (unpaired) electrons. The van der Waals surface area contributed by atoms with Gasteiger partial charge in [0, 0.05) is 42.5 Å². The summed E-state index contributed by atoms with van der Waals surface area (Å²) in [6.07, 6.45) is 2.86. The number of likely N-dealkylation sites (tertiary alicyclic amines) is 1. The first kappa shape index (κ1) is 27.5. The number of halogens is 5. The first-order chi connectivity index (χ1) is 18.9. The second kappa shape index (κ2) is 10.2. The Labute approximate surface area is 225 Å². The lowest BCUT2D eigenvalue weighted by atomic mass is 10.0. The van der Waals surface area contributed by atoms with Crippen LogP contribution in [-0.2, 0) is 4.74 Å². The molecule has 0 saturated carbocycles. The molecule has 2 N–H and O–H groups in total. The van der Waals surface area contributed by atoms with Gasteiger partial charge in [-0.2, -0.15) is 8.78 Å². The summed E-state index contributed by atoms with van der Waals surface area (Å²) in [5.41, 5.74) is -0.152. The van der Waals surface area contributed by atoms with Crippen LogP contribution in [0.4, 0.5) is 32.6 Å². The van der Waals surface area contributed by atoms with Crippen LogP contribution >= 0.6 is 0 Å². The van der Waals surface area contributed by atoms with Crippen molar-refractivity contribution in [2.24, 2.45) is 5.84 Å². The summed E-state index contributed by atoms with van der Waals surface area (Å²) in [6, 6.07) is 2.08. The molecular weight excluding hydrogens is 539 g/mol. The van der Waals surface area contributed by atoms with Crippen molar-refractivity contribution in [3.8, 4) is 11.5 Å². The molecule has 2 aliphatic rings. The fourth-order valence-corrected chi connectivity index (χ4v) is 4.75. The smallest absolute Gasteiger partial charge is 0.410 e. The van der Waals surface area contributed by atoms with Gasteiger partial charge >= 0.3 is 6.09 Å². The molecule has 1 amide bonds. The molecule has 0 bridgehead atoms. The minimum atomic E-state index is -1.76. The Morgan fingerprint density at radius 3 is 2.38 bits per heavy atom. The zero-order valence-corrected chi connectivity index (χ0v) is 21.7. The van der Waals surface area contributed by atoms with Gasteiger partial charge in [-0.15, -0.1) is 5.12 Å². The number of anilines is 1. The molecule has 1 saturated heterocycles. The fraction of sp³-hybridized carbons (Fsp3) is 0.346. The molecule has 1 fully saturated rings. The van der Waals surface area contributed by atoms with Gasteiger partial charge < -0.3 is 14.4 Å². The highest BCUT2D eigenvalue weighted by Crippen LogP contribution is 2.44. The average Bonchev–Trinajstić information content (AvgIpc) is 3.47. The maximum atomic E-state index is 15.4. The molecule has 9 nitrogen and oxygen atoms in total. The summed E-state index contributed by atoms with van der Waals surface area (Å²) in [7, 11) is 0. The quantitative estimate of drug-likeness (QED) is 0.270. The SMILES string of the molecule is CC(C)(C)OC(=O)N1CCC(N2c3ncncc3C(c3ccc(Oc4c(F)c(F)cc(F)c4F)cc3F)N2N)C1. The summed E-state index contributed by atoms with van der Waals surface area (Å²) in [5, 5.41) is 2.94. The van der Waals surface area contributed by atoms with Crippen LogP contribution in [0.5, 0.6) is 11.5 Å². The van der Waals surface area contributed by atoms with Crippen molar-refractivity contribution in [1.82, 2.24) is 20.0 Å². The van der Waals surface area contributed by atoms with Crippen molar-refractivity contribution in [2.45, 2.75) is 44.9 Å². The molecule has 3 aromatic rings. The van der Waals surface area contributed by atoms with Gasteiger partial charge in [-0.3, -0.25) is 5.01 Å². The highest BCUT2D eigenvalue weighted by atomic mass is 19.2. The number of hydrogen-bond acceptors (Lipinski definition) is 8. The normalized spacial score (nSPS) is 19.2. The first-order valence-corrected chi connectivity index (χ1v) is 12.3. The fourth-order valence-electron chi connectivity index (χ4n) is 4.75. The number of hydrogen-bond donors (Lipinski definition) is 1. The number of nitrogens with zero attached hydrogens (tertiary/aromatic N) is 5. The minimum absolute atomic E-state index is 0.0412. The predicted molar refractivity (Wildman–Crippen MR) is 131 cm³/mol. The van der Waals surface area contributed by atoms with E-state index in [-0.39, 0.29) is 24.2 Å². The molecule has 14 heteroatoms. The summed E-state index contributed by atoms with van der Waals surface area (Å²) in [5.74, 6) is -2.57. The van der Waals surface area contributed by atoms with Gasteiger partial charge in [0.05, 0.1) is 6.04 Å². The highest BCUT2D eigenvalue weighted by Gasteiger charge is 2.44. The Kier molecular flexibility index (Phi) is 7.00. The van der Waals surface area contributed by atoms with Crippen molar-refractivity contribution >= 4 is 11.9 Å². The molecular formula is C26H25F5N6O3. The summed E-state index contributed by atoms with van der Waals surface area (Å²) in [6.45, 7) is 5.99. The molecule has 1 aromatic heterocycles. The standard InChI is InChI=1S/C26H25F5N6O3/c1-26(2,3)40-25(38)35-7-6-13(11-35)36-24-16(10-33-12-34-24)22(37(36)32)15-5-4-14(8-17(15)27)39-23-20(30)18(28)9-19(29)21(23)31/h4-5,8-10,12-13,22H,6-7,11,32H2,1-3H3. The lowest BCUT2D eigenvalue weighted by molar-refractivity contribution is 0.0289. The van der Waals surface area contributed by atoms with Gasteiger partial charge in [0.1, 0.15) is 29.5 Å². The maximum absolute atomic E-state index is 15.4. The number of carbonyl (C=O) groups excluding carboxylic acids is 1. The summed E-state index contributed by atoms with van der Waals surface area (Å²) in [4.78, 5) is 22.5. The Hall–Kier alpha value is -4.04. The van der Waals surface area contributed by atoms with Crippen LogP contribution in [0.15, 0.2) is 36.8 Å². The number of amides is 1. The maximum Gasteiger partial charge on any atom is 0.410 e. The summed E-state index contributed by atoms with van der Waals surface area (Å²) >= 11 is 0. The van der Waals surface area contributed by atoms with Crippen LogP contribution in [0.25, 0.3) is 0 Å². The minimum Gasteiger partial charge on any atom is -0.451 e. The molecule has 5 rings (SSSR count). The van der Waals surface area contributed by atoms with Crippen LogP contribution in [0.2, 0.25) is 0 Å². The van der Waals surface area contributed by atoms with Gasteiger partial charge in [0.2, 0.25) is 17.4 Å². The lowest BCUT2D eigenvalue weighted by Gasteiger charge is -2.34. The second-order valence-electron chi connectivity index (χ2n) is 10.4. The van der Waals surface area contributed by atoms with E-state index in [2.05, 4.69) is 9.97 Å². The molecule has 0 spiro atoms. The van der Waals surface area contributed by atoms with E-state index in [0.717, 1.165) is 6.07 Å². The topological polar surface area (TPSA) is 97.0 Å². The largest absolute Gasteiger partial charge is 0.451 e. The Morgan fingerprint density at radius 2 is 1.73 bits per heavy atom. The number of aromatic nitrogens is 2. The van der Waals surface area contributed by atoms with Crippen LogP contribution in [0, 0.1) is 29.1 Å². The molecule has 2 atom stereocenters. The van der Waals surface area contributed by atoms with Crippen molar-refractivity contribution < 1.29 is 36.2 Å². The van der Waals surface area contributed by atoms with E-state index < -0.39 is 58.3 Å². The van der Waals surface area contributed by atoms with Gasteiger partial charge in [-0.1, -0.05) is 6.07 Å². The van der Waals surface area contributed by atoms with Gasteiger partial charge in [0.15, 0.2) is 17.5 Å². The van der Waals surface area contributed by atoms with E-state index in [4.69, 9.17) is 15.3 Å². The zero-order valence-electron chi connectivity index (χ0n) is 21.7. The lowest BCUT2D eigenvalue weighted by Crippen LogP contribution is -2.52. The first-order valence-electron chi connectivity index (χ1n) is 12.3. The summed E-state index contributed by atoms with van der Waals surface area (Å²) < 4.78 is 81.1. The number of rotatable bonds is 4. The number of fused-ring (bicyclic) bond motifs is 1. The van der Waals surface area contributed by atoms with E-state index in [9.17, 15) is 22.4 Å². The van der Waals surface area contributed by atoms with Crippen molar-refractivity contribution in [3.63, 3.8) is 0 Å². The van der Waals surface area contributed by atoms with E-state index in [0.29, 0.717) is 24.3 Å². The van der Waals surface area contributed by atoms with Crippen LogP contribution in [-0.4, -0.2) is 50.8 Å². The van der Waals surface area contributed by atoms with Gasteiger partial charge in [-0.05, 0) is 33.3 Å². The molecule has 40 heavy (non-hydrogen) atoms. The van der Waals surface area contributed by atoms with Crippen LogP contribution in [0.3, 0.4) is 0 Å². The Morgan fingerprint density at radius 1 is 1.02 bits per heavy atom. The Balaban J connectivity index is 1.41. The molecule has 2 aliphatic heterocycles. The number of carbonyl (C=O) groups is 1. The molecule has 2 aromatic carbocycles. The number of nitrogens with two attached hydrogens (primary N) is 1. The van der Waals surface area contributed by atoms with Gasteiger partial charge in [0.25, 0.3) is 0 Å². The molecule has 212 valence electrons. The van der Waals surface area contributed by atoms with E-state index >= 15 is 4.39 Å². The molecule has 2 unspecified atom stereocenters. The number of hydrazine groups is 2. The average molecular weight is 565 g/mol. The van der Waals surface area contributed by atoms with Crippen molar-refractivity contribution in [2.75, 3.05) is 18.1 Å². The third kappa shape index (κ3) is 4.99. The van der Waals surface area contributed by atoms with Crippen molar-refractivity contribution in [1.29, 1.82) is 0 Å². The third-order valence-electron chi connectivity index (χ3n) is 6.46. The van der Waals surface area contributed by atoms with Gasteiger partial charge in [-0.25, -0.2) is 33.8 Å². The number of benzene rings is 2. The predicted octanol–water partition coefficient (Wildman–Crippen LogP) is 4.97. The molecule has 3 heterocycles. The van der Waals surface area contributed by atoms with Crippen LogP contribution < -0.4 is 15.6 Å². The third-order valence-corrected chi connectivity index (χ3v) is 6.46. The van der Waals surface area contributed by atoms with E-state index in [1.165, 1.54) is 29.8 Å². The van der Waals surface area contributed by atoms with Crippen molar-refractivity contribution in [3.05, 3.63) is 77.0 Å². The highest BCUT2D eigenvalue weighted by molar-refractivity contribution is 5.69. The van der Waals surface area contributed by atoms with E-state index in [1.807, 2.05) is 0 Å². The van der Waals surface area contributed by atoms with Crippen LogP contribution in [0.1, 0.15) is 44.4 Å². The second-order valence-corrected chi connectivity index (χ2v) is 10.4. The Bertz CT molecular complexity index is 1440. The van der Waals surface area contributed by atoms with E-state index in [1.54, 1.807) is 30.7 Å². The number of ether oxygens (including phenoxy) is 2. The monoisotopic (exact) mass is 564 g/mol.